The van der Waals surface area contributed by atoms with E-state index in [4.69, 9.17) is 5.73 Å². The zero-order valence-electron chi connectivity index (χ0n) is 12.8. The van der Waals surface area contributed by atoms with Crippen molar-refractivity contribution in [3.8, 4) is 0 Å². The van der Waals surface area contributed by atoms with Crippen LogP contribution in [-0.2, 0) is 0 Å². The number of hydrogen-bond donors (Lipinski definition) is 1. The van der Waals surface area contributed by atoms with Gasteiger partial charge in [0.25, 0.3) is 0 Å². The van der Waals surface area contributed by atoms with E-state index < -0.39 is 0 Å². The van der Waals surface area contributed by atoms with E-state index in [0.29, 0.717) is 0 Å². The molecule has 0 aliphatic rings. The first-order chi connectivity index (χ1) is 9.31. The minimum Gasteiger partial charge on any atom is -0.396 e. The summed E-state index contributed by atoms with van der Waals surface area (Å²) in [4.78, 5) is 0. The lowest BCUT2D eigenvalue weighted by Crippen LogP contribution is -2.07. The van der Waals surface area contributed by atoms with Crippen molar-refractivity contribution in [3.63, 3.8) is 0 Å². The molecule has 106 valence electrons. The molecule has 0 saturated heterocycles. The molecule has 2 heteroatoms. The van der Waals surface area contributed by atoms with Gasteiger partial charge in [-0.1, -0.05) is 30.7 Å². The van der Waals surface area contributed by atoms with Crippen LogP contribution in [0.2, 0.25) is 0 Å². The first-order valence-electron chi connectivity index (χ1n) is 6.94. The fraction of sp³-hybridized carbons (Fsp3) is 0.333. The lowest BCUT2D eigenvalue weighted by atomic mass is 9.85. The van der Waals surface area contributed by atoms with E-state index in [1.807, 2.05) is 13.0 Å². The Kier molecular flexibility index (Phi) is 3.85. The molecule has 20 heavy (non-hydrogen) atoms. The molecule has 0 saturated carbocycles. The average molecular weight is 271 g/mol. The molecule has 0 bridgehead atoms. The van der Waals surface area contributed by atoms with Crippen LogP contribution in [0, 0.1) is 33.5 Å². The first-order valence-corrected chi connectivity index (χ1v) is 6.94. The largest absolute Gasteiger partial charge is 0.396 e. The highest BCUT2D eigenvalue weighted by atomic mass is 19.1. The number of benzene rings is 2. The molecule has 0 aliphatic carbocycles. The Labute approximate surface area is 120 Å². The van der Waals surface area contributed by atoms with Crippen LogP contribution in [0.4, 0.5) is 10.1 Å². The predicted octanol–water partition coefficient (Wildman–Crippen LogP) is 4.79. The topological polar surface area (TPSA) is 26.0 Å². The van der Waals surface area contributed by atoms with E-state index in [1.165, 1.54) is 28.3 Å². The fourth-order valence-corrected chi connectivity index (χ4v) is 3.17. The second-order valence-electron chi connectivity index (χ2n) is 5.78. The smallest absolute Gasteiger partial charge is 0.146 e. The minimum absolute atomic E-state index is 0.0880. The Morgan fingerprint density at radius 3 is 1.95 bits per heavy atom. The van der Waals surface area contributed by atoms with E-state index in [1.54, 1.807) is 0 Å². The molecule has 0 spiro atoms. The maximum absolute atomic E-state index is 13.9. The summed E-state index contributed by atoms with van der Waals surface area (Å²) in [7, 11) is 0. The maximum atomic E-state index is 13.9. The summed E-state index contributed by atoms with van der Waals surface area (Å²) in [6.45, 7) is 10.3. The molecule has 0 aliphatic heterocycles. The Balaban J connectivity index is 2.60. The Morgan fingerprint density at radius 2 is 1.40 bits per heavy atom. The van der Waals surface area contributed by atoms with Gasteiger partial charge in [-0.25, -0.2) is 4.39 Å². The lowest BCUT2D eigenvalue weighted by Gasteiger charge is -2.21. The highest BCUT2D eigenvalue weighted by Gasteiger charge is 2.18. The van der Waals surface area contributed by atoms with Crippen LogP contribution in [0.15, 0.2) is 24.3 Å². The SMILES string of the molecule is Cc1cc(C)c([C@@H](C)c2cc(C)cc(F)c2N)c(C)c1. The quantitative estimate of drug-likeness (QED) is 0.781. The van der Waals surface area contributed by atoms with Crippen LogP contribution in [0.25, 0.3) is 0 Å². The van der Waals surface area contributed by atoms with Gasteiger partial charge < -0.3 is 5.73 Å². The summed E-state index contributed by atoms with van der Waals surface area (Å²) in [5.74, 6) is -0.237. The number of hydrogen-bond acceptors (Lipinski definition) is 1. The zero-order valence-corrected chi connectivity index (χ0v) is 12.8. The highest BCUT2D eigenvalue weighted by molar-refractivity contribution is 5.56. The van der Waals surface area contributed by atoms with Crippen molar-refractivity contribution in [1.29, 1.82) is 0 Å². The van der Waals surface area contributed by atoms with Crippen LogP contribution in [0.5, 0.6) is 0 Å². The van der Waals surface area contributed by atoms with Crippen molar-refractivity contribution in [3.05, 3.63) is 63.5 Å². The molecule has 0 unspecified atom stereocenters. The van der Waals surface area contributed by atoms with Gasteiger partial charge in [-0.05, 0) is 61.6 Å². The lowest BCUT2D eigenvalue weighted by molar-refractivity contribution is 0.628. The summed E-state index contributed by atoms with van der Waals surface area (Å²) in [6.07, 6.45) is 0. The van der Waals surface area contributed by atoms with Crippen molar-refractivity contribution < 1.29 is 4.39 Å². The standard InChI is InChI=1S/C18H22FN/c1-10-6-12(3)17(13(4)7-10)14(5)15-8-11(2)9-16(19)18(15)20/h6-9,14H,20H2,1-5H3/t14-/m0/s1. The number of rotatable bonds is 2. The number of anilines is 1. The van der Waals surface area contributed by atoms with Gasteiger partial charge in [0, 0.05) is 5.92 Å². The number of halogens is 1. The van der Waals surface area contributed by atoms with Crippen LogP contribution in [0.3, 0.4) is 0 Å². The molecule has 1 nitrogen and oxygen atoms in total. The normalized spacial score (nSPS) is 12.5. The van der Waals surface area contributed by atoms with E-state index in [-0.39, 0.29) is 17.4 Å². The van der Waals surface area contributed by atoms with E-state index in [0.717, 1.165) is 11.1 Å². The second kappa shape index (κ2) is 5.28. The number of aryl methyl sites for hydroxylation is 4. The van der Waals surface area contributed by atoms with Crippen LogP contribution < -0.4 is 5.73 Å². The minimum atomic E-state index is -0.325. The molecular formula is C18H22FN. The van der Waals surface area contributed by atoms with E-state index >= 15 is 0 Å². The highest BCUT2D eigenvalue weighted by Crippen LogP contribution is 2.34. The van der Waals surface area contributed by atoms with Crippen molar-refractivity contribution >= 4 is 5.69 Å². The molecule has 0 radical (unpaired) electrons. The molecule has 2 rings (SSSR count). The third-order valence-corrected chi connectivity index (χ3v) is 3.94. The molecule has 0 heterocycles. The van der Waals surface area contributed by atoms with Gasteiger partial charge in [-0.3, -0.25) is 0 Å². The molecule has 0 amide bonds. The molecular weight excluding hydrogens is 249 g/mol. The zero-order chi connectivity index (χ0) is 15.0. The second-order valence-corrected chi connectivity index (χ2v) is 5.78. The van der Waals surface area contributed by atoms with Crippen molar-refractivity contribution in [2.45, 2.75) is 40.5 Å². The molecule has 0 aromatic heterocycles. The molecule has 1 atom stereocenters. The third-order valence-electron chi connectivity index (χ3n) is 3.94. The van der Waals surface area contributed by atoms with Gasteiger partial charge in [0.15, 0.2) is 0 Å². The Bertz CT molecular complexity index is 636. The summed E-state index contributed by atoms with van der Waals surface area (Å²) >= 11 is 0. The van der Waals surface area contributed by atoms with Crippen LogP contribution in [-0.4, -0.2) is 0 Å². The van der Waals surface area contributed by atoms with Gasteiger partial charge in [-0.2, -0.15) is 0 Å². The number of nitrogens with two attached hydrogens (primary N) is 1. The monoisotopic (exact) mass is 271 g/mol. The summed E-state index contributed by atoms with van der Waals surface area (Å²) in [6, 6.07) is 7.81. The summed E-state index contributed by atoms with van der Waals surface area (Å²) in [5.41, 5.74) is 12.9. The molecule has 2 aromatic rings. The van der Waals surface area contributed by atoms with Gasteiger partial charge in [0.05, 0.1) is 5.69 Å². The molecule has 0 fully saturated rings. The fourth-order valence-electron chi connectivity index (χ4n) is 3.17. The molecule has 2 aromatic carbocycles. The van der Waals surface area contributed by atoms with Gasteiger partial charge >= 0.3 is 0 Å². The molecule has 2 N–H and O–H groups in total. The van der Waals surface area contributed by atoms with Crippen molar-refractivity contribution in [1.82, 2.24) is 0 Å². The predicted molar refractivity (Wildman–Crippen MR) is 83.7 cm³/mol. The first kappa shape index (κ1) is 14.6. The average Bonchev–Trinajstić information content (AvgIpc) is 2.32. The third kappa shape index (κ3) is 2.55. The van der Waals surface area contributed by atoms with Crippen molar-refractivity contribution in [2.24, 2.45) is 0 Å². The maximum Gasteiger partial charge on any atom is 0.146 e. The van der Waals surface area contributed by atoms with Gasteiger partial charge in [-0.15, -0.1) is 0 Å². The van der Waals surface area contributed by atoms with Crippen LogP contribution in [0.1, 0.15) is 46.2 Å². The van der Waals surface area contributed by atoms with E-state index in [9.17, 15) is 4.39 Å². The Morgan fingerprint density at radius 1 is 0.900 bits per heavy atom. The summed E-state index contributed by atoms with van der Waals surface area (Å²) < 4.78 is 13.9. The Hall–Kier alpha value is -1.83. The van der Waals surface area contributed by atoms with Gasteiger partial charge in [0.1, 0.15) is 5.82 Å². The van der Waals surface area contributed by atoms with E-state index in [2.05, 4.69) is 39.8 Å². The summed E-state index contributed by atoms with van der Waals surface area (Å²) in [5, 5.41) is 0. The van der Waals surface area contributed by atoms with Crippen molar-refractivity contribution in [2.75, 3.05) is 5.73 Å². The van der Waals surface area contributed by atoms with Crippen LogP contribution >= 0.6 is 0 Å². The van der Waals surface area contributed by atoms with Gasteiger partial charge in [0.2, 0.25) is 0 Å². The number of nitrogen functional groups attached to an aromatic ring is 1.